The highest BCUT2D eigenvalue weighted by atomic mass is 32.1. The third-order valence-electron chi connectivity index (χ3n) is 2.45. The third-order valence-corrected chi connectivity index (χ3v) is 2.69. The maximum absolute atomic E-state index is 5.62. The molecule has 0 atom stereocenters. The Balaban J connectivity index is 1.97. The number of hydrogen-bond acceptors (Lipinski definition) is 6. The maximum Gasteiger partial charge on any atom is 0.228 e. The number of nitrogens with one attached hydrogen (secondary N) is 1. The summed E-state index contributed by atoms with van der Waals surface area (Å²) >= 11 is 4.96. The first-order chi connectivity index (χ1) is 9.04. The van der Waals surface area contributed by atoms with Crippen LogP contribution >= 0.6 is 12.2 Å². The molecule has 0 saturated heterocycles. The topological polar surface area (TPSA) is 89.9 Å². The molecule has 7 heteroatoms. The highest BCUT2D eigenvalue weighted by Gasteiger charge is 2.04. The first-order valence-electron chi connectivity index (χ1n) is 5.86. The van der Waals surface area contributed by atoms with E-state index >= 15 is 0 Å². The number of anilines is 1. The van der Waals surface area contributed by atoms with Crippen molar-refractivity contribution in [2.45, 2.75) is 20.3 Å². The van der Waals surface area contributed by atoms with Gasteiger partial charge in [0, 0.05) is 24.2 Å². The Labute approximate surface area is 116 Å². The summed E-state index contributed by atoms with van der Waals surface area (Å²) in [5, 5.41) is 6.91. The van der Waals surface area contributed by atoms with Gasteiger partial charge in [0.25, 0.3) is 0 Å². The van der Waals surface area contributed by atoms with Crippen LogP contribution in [0.4, 0.5) is 5.82 Å². The standard InChI is InChI=1S/C12H15N5OS/c1-7-5-9(12(13)19)6-10(15-7)14-4-3-11-16-8(2)17-18-11/h5-6H,3-4H2,1-2H3,(H2,13,19)(H,14,15). The minimum atomic E-state index is 0.362. The Bertz CT molecular complexity index is 596. The Hall–Kier alpha value is -2.02. The number of aryl methyl sites for hydroxylation is 2. The number of rotatable bonds is 5. The number of aromatic nitrogens is 3. The number of thiocarbonyl (C=S) groups is 1. The fraction of sp³-hybridized carbons (Fsp3) is 0.333. The fourth-order valence-corrected chi connectivity index (χ4v) is 1.76. The number of pyridine rings is 1. The molecular formula is C12H15N5OS. The van der Waals surface area contributed by atoms with E-state index in [9.17, 15) is 0 Å². The van der Waals surface area contributed by atoms with Crippen LogP contribution in [0, 0.1) is 13.8 Å². The molecule has 100 valence electrons. The fourth-order valence-electron chi connectivity index (χ4n) is 1.64. The summed E-state index contributed by atoms with van der Waals surface area (Å²) < 4.78 is 5.03. The van der Waals surface area contributed by atoms with E-state index in [1.807, 2.05) is 19.1 Å². The molecular weight excluding hydrogens is 262 g/mol. The predicted molar refractivity (Wildman–Crippen MR) is 76.1 cm³/mol. The van der Waals surface area contributed by atoms with Crippen LogP contribution in [0.25, 0.3) is 0 Å². The molecule has 0 radical (unpaired) electrons. The van der Waals surface area contributed by atoms with Crippen LogP contribution in [0.2, 0.25) is 0 Å². The van der Waals surface area contributed by atoms with Crippen LogP contribution in [0.15, 0.2) is 16.7 Å². The van der Waals surface area contributed by atoms with E-state index in [0.29, 0.717) is 29.7 Å². The molecule has 2 aromatic heterocycles. The number of nitrogens with zero attached hydrogens (tertiary/aromatic N) is 3. The predicted octanol–water partition coefficient (Wildman–Crippen LogP) is 1.37. The normalized spacial score (nSPS) is 10.4. The van der Waals surface area contributed by atoms with E-state index < -0.39 is 0 Å². The van der Waals surface area contributed by atoms with Crippen molar-refractivity contribution in [2.24, 2.45) is 5.73 Å². The van der Waals surface area contributed by atoms with Crippen molar-refractivity contribution in [1.82, 2.24) is 15.1 Å². The van der Waals surface area contributed by atoms with Crippen molar-refractivity contribution in [3.63, 3.8) is 0 Å². The summed E-state index contributed by atoms with van der Waals surface area (Å²) in [6.07, 6.45) is 0.638. The molecule has 0 aliphatic rings. The SMILES string of the molecule is Cc1cc(C(N)=S)cc(NCCc2nc(C)no2)n1. The van der Waals surface area contributed by atoms with Gasteiger partial charge < -0.3 is 15.6 Å². The molecule has 0 unspecified atom stereocenters. The van der Waals surface area contributed by atoms with Crippen LogP contribution in [-0.2, 0) is 6.42 Å². The highest BCUT2D eigenvalue weighted by molar-refractivity contribution is 7.80. The number of nitrogens with two attached hydrogens (primary N) is 1. The van der Waals surface area contributed by atoms with Gasteiger partial charge in [0.15, 0.2) is 5.82 Å². The Morgan fingerprint density at radius 1 is 1.37 bits per heavy atom. The highest BCUT2D eigenvalue weighted by Crippen LogP contribution is 2.10. The molecule has 19 heavy (non-hydrogen) atoms. The van der Waals surface area contributed by atoms with Gasteiger partial charge in [-0.3, -0.25) is 0 Å². The van der Waals surface area contributed by atoms with Gasteiger partial charge in [-0.25, -0.2) is 4.98 Å². The van der Waals surface area contributed by atoms with Crippen molar-refractivity contribution in [3.8, 4) is 0 Å². The largest absolute Gasteiger partial charge is 0.389 e. The van der Waals surface area contributed by atoms with Gasteiger partial charge >= 0.3 is 0 Å². The lowest BCUT2D eigenvalue weighted by molar-refractivity contribution is 0.377. The molecule has 0 amide bonds. The lowest BCUT2D eigenvalue weighted by atomic mass is 10.2. The summed E-state index contributed by atoms with van der Waals surface area (Å²) in [6, 6.07) is 3.68. The van der Waals surface area contributed by atoms with E-state index in [4.69, 9.17) is 22.5 Å². The van der Waals surface area contributed by atoms with Crippen LogP contribution in [0.3, 0.4) is 0 Å². The molecule has 0 bridgehead atoms. The Kier molecular flexibility index (Phi) is 4.06. The molecule has 0 aliphatic carbocycles. The van der Waals surface area contributed by atoms with E-state index in [1.165, 1.54) is 0 Å². The van der Waals surface area contributed by atoms with Crippen molar-refractivity contribution < 1.29 is 4.52 Å². The second kappa shape index (κ2) is 5.75. The van der Waals surface area contributed by atoms with Gasteiger partial charge in [0.1, 0.15) is 10.8 Å². The van der Waals surface area contributed by atoms with Crippen LogP contribution in [0.5, 0.6) is 0 Å². The molecule has 0 saturated carbocycles. The quantitative estimate of drug-likeness (QED) is 0.798. The summed E-state index contributed by atoms with van der Waals surface area (Å²) in [4.78, 5) is 8.85. The van der Waals surface area contributed by atoms with Crippen LogP contribution in [-0.4, -0.2) is 26.7 Å². The van der Waals surface area contributed by atoms with Crippen molar-refractivity contribution >= 4 is 23.0 Å². The van der Waals surface area contributed by atoms with Crippen molar-refractivity contribution in [3.05, 3.63) is 35.1 Å². The first-order valence-corrected chi connectivity index (χ1v) is 6.27. The number of hydrogen-bond donors (Lipinski definition) is 2. The van der Waals surface area contributed by atoms with Crippen molar-refractivity contribution in [2.75, 3.05) is 11.9 Å². The lowest BCUT2D eigenvalue weighted by Gasteiger charge is -2.07. The summed E-state index contributed by atoms with van der Waals surface area (Å²) in [5.41, 5.74) is 7.28. The van der Waals surface area contributed by atoms with E-state index in [2.05, 4.69) is 20.4 Å². The van der Waals surface area contributed by atoms with Gasteiger partial charge in [-0.1, -0.05) is 17.4 Å². The molecule has 6 nitrogen and oxygen atoms in total. The zero-order valence-electron chi connectivity index (χ0n) is 10.8. The molecule has 0 aromatic carbocycles. The zero-order chi connectivity index (χ0) is 13.8. The molecule has 3 N–H and O–H groups in total. The first kappa shape index (κ1) is 13.4. The van der Waals surface area contributed by atoms with Gasteiger partial charge in [-0.15, -0.1) is 0 Å². The zero-order valence-corrected chi connectivity index (χ0v) is 11.6. The van der Waals surface area contributed by atoms with Gasteiger partial charge in [0.05, 0.1) is 0 Å². The average molecular weight is 277 g/mol. The monoisotopic (exact) mass is 277 g/mol. The second-order valence-corrected chi connectivity index (χ2v) is 4.60. The smallest absolute Gasteiger partial charge is 0.228 e. The Morgan fingerprint density at radius 2 is 2.16 bits per heavy atom. The molecule has 0 aliphatic heterocycles. The summed E-state index contributed by atoms with van der Waals surface area (Å²) in [5.74, 6) is 1.98. The second-order valence-electron chi connectivity index (χ2n) is 4.16. The molecule has 2 aromatic rings. The maximum atomic E-state index is 5.62. The van der Waals surface area contributed by atoms with Gasteiger partial charge in [-0.05, 0) is 26.0 Å². The van der Waals surface area contributed by atoms with Crippen LogP contribution in [0.1, 0.15) is 23.0 Å². The Morgan fingerprint density at radius 3 is 2.79 bits per heavy atom. The third kappa shape index (κ3) is 3.72. The molecule has 0 fully saturated rings. The molecule has 2 heterocycles. The van der Waals surface area contributed by atoms with Gasteiger partial charge in [0.2, 0.25) is 5.89 Å². The van der Waals surface area contributed by atoms with E-state index in [-0.39, 0.29) is 0 Å². The van der Waals surface area contributed by atoms with Crippen molar-refractivity contribution in [1.29, 1.82) is 0 Å². The summed E-state index contributed by atoms with van der Waals surface area (Å²) in [6.45, 7) is 4.33. The van der Waals surface area contributed by atoms with E-state index in [1.54, 1.807) is 6.92 Å². The van der Waals surface area contributed by atoms with Gasteiger partial charge in [-0.2, -0.15) is 4.98 Å². The van der Waals surface area contributed by atoms with Crippen LogP contribution < -0.4 is 11.1 Å². The average Bonchev–Trinajstić information content (AvgIpc) is 2.74. The molecule has 2 rings (SSSR count). The summed E-state index contributed by atoms with van der Waals surface area (Å²) in [7, 11) is 0. The molecule has 0 spiro atoms. The van der Waals surface area contributed by atoms with E-state index in [0.717, 1.165) is 17.1 Å². The minimum Gasteiger partial charge on any atom is -0.389 e. The minimum absolute atomic E-state index is 0.362. The lowest BCUT2D eigenvalue weighted by Crippen LogP contribution is -2.12.